The summed E-state index contributed by atoms with van der Waals surface area (Å²) in [6.45, 7) is 7.49. The van der Waals surface area contributed by atoms with E-state index in [9.17, 15) is 5.11 Å². The summed E-state index contributed by atoms with van der Waals surface area (Å²) < 4.78 is 1.13. The SMILES string of the molecule is Cc1ccc(CC(CO)CNC(CC(C)C)c2ccccn2)cc1Br. The molecule has 0 aliphatic carbocycles. The van der Waals surface area contributed by atoms with Crippen molar-refractivity contribution in [3.05, 3.63) is 63.9 Å². The summed E-state index contributed by atoms with van der Waals surface area (Å²) in [5, 5.41) is 13.4. The first-order valence-corrected chi connectivity index (χ1v) is 9.79. The molecule has 1 heterocycles. The van der Waals surface area contributed by atoms with Crippen LogP contribution in [0, 0.1) is 18.8 Å². The summed E-state index contributed by atoms with van der Waals surface area (Å²) in [6.07, 6.45) is 3.74. The van der Waals surface area contributed by atoms with Crippen molar-refractivity contribution >= 4 is 15.9 Å². The molecule has 0 radical (unpaired) electrons. The standard InChI is InChI=1S/C21H29BrN2O/c1-15(2)10-21(20-6-4-5-9-23-20)24-13-18(14-25)11-17-8-7-16(3)19(22)12-17/h4-9,12,15,18,21,24-25H,10-11,13-14H2,1-3H3. The highest BCUT2D eigenvalue weighted by molar-refractivity contribution is 9.10. The quantitative estimate of drug-likeness (QED) is 0.637. The van der Waals surface area contributed by atoms with E-state index in [4.69, 9.17) is 0 Å². The van der Waals surface area contributed by atoms with E-state index in [-0.39, 0.29) is 18.6 Å². The highest BCUT2D eigenvalue weighted by Crippen LogP contribution is 2.22. The second-order valence-corrected chi connectivity index (χ2v) is 8.04. The molecule has 1 aromatic carbocycles. The lowest BCUT2D eigenvalue weighted by Crippen LogP contribution is -2.31. The zero-order valence-corrected chi connectivity index (χ0v) is 17.0. The number of aromatic nitrogens is 1. The molecule has 136 valence electrons. The fourth-order valence-electron chi connectivity index (χ4n) is 2.97. The summed E-state index contributed by atoms with van der Waals surface area (Å²) in [7, 11) is 0. The molecule has 0 fully saturated rings. The minimum absolute atomic E-state index is 0.176. The smallest absolute Gasteiger partial charge is 0.0573 e. The lowest BCUT2D eigenvalue weighted by molar-refractivity contribution is 0.215. The Balaban J connectivity index is 1.99. The molecule has 0 saturated carbocycles. The maximum Gasteiger partial charge on any atom is 0.0573 e. The first-order valence-electron chi connectivity index (χ1n) is 8.99. The van der Waals surface area contributed by atoms with Crippen LogP contribution in [0.5, 0.6) is 0 Å². The van der Waals surface area contributed by atoms with Crippen molar-refractivity contribution in [2.24, 2.45) is 11.8 Å². The zero-order valence-electron chi connectivity index (χ0n) is 15.4. The summed E-state index contributed by atoms with van der Waals surface area (Å²) in [5.74, 6) is 0.771. The number of benzene rings is 1. The van der Waals surface area contributed by atoms with Crippen molar-refractivity contribution < 1.29 is 5.11 Å². The number of rotatable bonds is 9. The molecule has 0 bridgehead atoms. The van der Waals surface area contributed by atoms with Gasteiger partial charge in [-0.3, -0.25) is 4.98 Å². The Morgan fingerprint density at radius 1 is 1.20 bits per heavy atom. The number of halogens is 1. The van der Waals surface area contributed by atoms with Gasteiger partial charge in [0.25, 0.3) is 0 Å². The van der Waals surface area contributed by atoms with E-state index in [0.717, 1.165) is 29.6 Å². The maximum absolute atomic E-state index is 9.81. The predicted molar refractivity (Wildman–Crippen MR) is 108 cm³/mol. The van der Waals surface area contributed by atoms with Crippen LogP contribution in [0.2, 0.25) is 0 Å². The van der Waals surface area contributed by atoms with Crippen molar-refractivity contribution in [1.82, 2.24) is 10.3 Å². The molecule has 0 amide bonds. The number of nitrogens with one attached hydrogen (secondary N) is 1. The Hall–Kier alpha value is -1.23. The average molecular weight is 405 g/mol. The molecular weight excluding hydrogens is 376 g/mol. The molecule has 0 aliphatic heterocycles. The molecule has 4 heteroatoms. The van der Waals surface area contributed by atoms with Gasteiger partial charge < -0.3 is 10.4 Å². The van der Waals surface area contributed by atoms with E-state index in [1.54, 1.807) is 0 Å². The maximum atomic E-state index is 9.81. The third-order valence-electron chi connectivity index (χ3n) is 4.42. The van der Waals surface area contributed by atoms with E-state index in [1.165, 1.54) is 11.1 Å². The summed E-state index contributed by atoms with van der Waals surface area (Å²) in [5.41, 5.74) is 3.55. The van der Waals surface area contributed by atoms with Gasteiger partial charge in [-0.15, -0.1) is 0 Å². The Morgan fingerprint density at radius 3 is 2.60 bits per heavy atom. The van der Waals surface area contributed by atoms with Gasteiger partial charge in [0.1, 0.15) is 0 Å². The predicted octanol–water partition coefficient (Wildman–Crippen LogP) is 4.68. The third kappa shape index (κ3) is 6.53. The fraction of sp³-hybridized carbons (Fsp3) is 0.476. The van der Waals surface area contributed by atoms with Crippen LogP contribution in [-0.4, -0.2) is 23.2 Å². The van der Waals surface area contributed by atoms with Crippen LogP contribution >= 0.6 is 15.9 Å². The van der Waals surface area contributed by atoms with Crippen molar-refractivity contribution in [2.75, 3.05) is 13.2 Å². The summed E-state index contributed by atoms with van der Waals surface area (Å²) >= 11 is 3.59. The molecule has 1 aromatic heterocycles. The Bertz CT molecular complexity index is 646. The van der Waals surface area contributed by atoms with Crippen LogP contribution in [0.25, 0.3) is 0 Å². The second-order valence-electron chi connectivity index (χ2n) is 7.18. The van der Waals surface area contributed by atoms with Crippen LogP contribution in [0.1, 0.15) is 43.1 Å². The van der Waals surface area contributed by atoms with Gasteiger partial charge in [-0.05, 0) is 60.9 Å². The Labute approximate surface area is 160 Å². The van der Waals surface area contributed by atoms with Crippen molar-refractivity contribution in [2.45, 2.75) is 39.7 Å². The molecule has 0 spiro atoms. The number of hydrogen-bond acceptors (Lipinski definition) is 3. The van der Waals surface area contributed by atoms with Gasteiger partial charge in [-0.25, -0.2) is 0 Å². The minimum Gasteiger partial charge on any atom is -0.396 e. The third-order valence-corrected chi connectivity index (χ3v) is 5.28. The molecule has 2 rings (SSSR count). The molecule has 2 unspecified atom stereocenters. The molecule has 2 atom stereocenters. The molecule has 2 N–H and O–H groups in total. The Kier molecular flexibility index (Phi) is 8.07. The number of nitrogens with zero attached hydrogens (tertiary/aromatic N) is 1. The van der Waals surface area contributed by atoms with Crippen LogP contribution in [0.4, 0.5) is 0 Å². The number of aryl methyl sites for hydroxylation is 1. The van der Waals surface area contributed by atoms with Gasteiger partial charge in [0.15, 0.2) is 0 Å². The van der Waals surface area contributed by atoms with Gasteiger partial charge in [0, 0.05) is 29.9 Å². The minimum atomic E-state index is 0.176. The van der Waals surface area contributed by atoms with E-state index in [2.05, 4.69) is 71.3 Å². The van der Waals surface area contributed by atoms with E-state index < -0.39 is 0 Å². The van der Waals surface area contributed by atoms with Gasteiger partial charge in [0.05, 0.1) is 5.69 Å². The fourth-order valence-corrected chi connectivity index (χ4v) is 3.40. The highest BCUT2D eigenvalue weighted by atomic mass is 79.9. The zero-order chi connectivity index (χ0) is 18.2. The monoisotopic (exact) mass is 404 g/mol. The van der Waals surface area contributed by atoms with Crippen LogP contribution in [0.15, 0.2) is 47.1 Å². The van der Waals surface area contributed by atoms with Crippen LogP contribution in [-0.2, 0) is 6.42 Å². The molecule has 25 heavy (non-hydrogen) atoms. The molecule has 3 nitrogen and oxygen atoms in total. The highest BCUT2D eigenvalue weighted by Gasteiger charge is 2.17. The van der Waals surface area contributed by atoms with Crippen LogP contribution < -0.4 is 5.32 Å². The lowest BCUT2D eigenvalue weighted by Gasteiger charge is -2.23. The van der Waals surface area contributed by atoms with E-state index >= 15 is 0 Å². The van der Waals surface area contributed by atoms with Crippen LogP contribution in [0.3, 0.4) is 0 Å². The van der Waals surface area contributed by atoms with E-state index in [0.29, 0.717) is 5.92 Å². The molecule has 2 aromatic rings. The van der Waals surface area contributed by atoms with E-state index in [1.807, 2.05) is 18.3 Å². The van der Waals surface area contributed by atoms with Gasteiger partial charge >= 0.3 is 0 Å². The number of aliphatic hydroxyl groups is 1. The lowest BCUT2D eigenvalue weighted by atomic mass is 9.97. The molecular formula is C21H29BrN2O. The first kappa shape index (κ1) is 20.1. The average Bonchev–Trinajstić information content (AvgIpc) is 2.60. The second kappa shape index (κ2) is 10.0. The number of pyridine rings is 1. The van der Waals surface area contributed by atoms with Gasteiger partial charge in [-0.1, -0.05) is 48.0 Å². The summed E-state index contributed by atoms with van der Waals surface area (Å²) in [4.78, 5) is 4.51. The number of aliphatic hydroxyl groups excluding tert-OH is 1. The van der Waals surface area contributed by atoms with Crippen molar-refractivity contribution in [3.63, 3.8) is 0 Å². The van der Waals surface area contributed by atoms with Crippen molar-refractivity contribution in [3.8, 4) is 0 Å². The van der Waals surface area contributed by atoms with Crippen molar-refractivity contribution in [1.29, 1.82) is 0 Å². The molecule has 0 saturated heterocycles. The first-order chi connectivity index (χ1) is 12.0. The van der Waals surface area contributed by atoms with Gasteiger partial charge in [0.2, 0.25) is 0 Å². The van der Waals surface area contributed by atoms with Gasteiger partial charge in [-0.2, -0.15) is 0 Å². The Morgan fingerprint density at radius 2 is 2.00 bits per heavy atom. The topological polar surface area (TPSA) is 45.1 Å². The normalized spacial score (nSPS) is 13.8. The largest absolute Gasteiger partial charge is 0.396 e. The molecule has 0 aliphatic rings. The number of hydrogen-bond donors (Lipinski definition) is 2. The summed E-state index contributed by atoms with van der Waals surface area (Å²) in [6, 6.07) is 12.7.